The summed E-state index contributed by atoms with van der Waals surface area (Å²) in [4.78, 5) is 24.5. The molecule has 1 rings (SSSR count). The first-order valence-corrected chi connectivity index (χ1v) is 6.52. The lowest BCUT2D eigenvalue weighted by Gasteiger charge is -2.39. The van der Waals surface area contributed by atoms with Crippen LogP contribution < -0.4 is 5.32 Å². The van der Waals surface area contributed by atoms with E-state index in [1.807, 2.05) is 6.92 Å². The molecule has 0 aromatic carbocycles. The van der Waals surface area contributed by atoms with Crippen molar-refractivity contribution < 1.29 is 14.3 Å². The predicted molar refractivity (Wildman–Crippen MR) is 69.0 cm³/mol. The highest BCUT2D eigenvalue weighted by molar-refractivity contribution is 5.73. The van der Waals surface area contributed by atoms with Crippen molar-refractivity contribution in [3.8, 4) is 0 Å². The first-order chi connectivity index (χ1) is 8.47. The lowest BCUT2D eigenvalue weighted by molar-refractivity contribution is -0.130. The molecular formula is C13H23N2O3. The zero-order valence-corrected chi connectivity index (χ0v) is 11.3. The molecule has 18 heavy (non-hydrogen) atoms. The molecule has 5 heteroatoms. The summed E-state index contributed by atoms with van der Waals surface area (Å²) < 4.78 is 5.05. The van der Waals surface area contributed by atoms with Crippen molar-refractivity contribution in [2.45, 2.75) is 45.1 Å². The van der Waals surface area contributed by atoms with Gasteiger partial charge >= 0.3 is 6.09 Å². The molecule has 0 bridgehead atoms. The Morgan fingerprint density at radius 1 is 1.39 bits per heavy atom. The zero-order valence-electron chi connectivity index (χ0n) is 11.3. The van der Waals surface area contributed by atoms with E-state index < -0.39 is 11.6 Å². The predicted octanol–water partition coefficient (Wildman–Crippen LogP) is 1.73. The number of rotatable bonds is 4. The Labute approximate surface area is 109 Å². The average molecular weight is 255 g/mol. The van der Waals surface area contributed by atoms with Crippen LogP contribution in [0.15, 0.2) is 0 Å². The maximum atomic E-state index is 11.6. The third-order valence-electron chi connectivity index (χ3n) is 3.26. The Morgan fingerprint density at radius 2 is 2.00 bits per heavy atom. The second-order valence-corrected chi connectivity index (χ2v) is 4.90. The summed E-state index contributed by atoms with van der Waals surface area (Å²) in [6.45, 7) is 9.35. The van der Waals surface area contributed by atoms with Gasteiger partial charge in [0.1, 0.15) is 0 Å². The number of carbonyl (C=O) groups excluding carboxylic acids is 2. The molecule has 0 aromatic rings. The third-order valence-corrected chi connectivity index (χ3v) is 3.26. The van der Waals surface area contributed by atoms with E-state index in [2.05, 4.69) is 12.2 Å². The fourth-order valence-electron chi connectivity index (χ4n) is 1.94. The minimum Gasteiger partial charge on any atom is -0.450 e. The molecule has 2 amide bonds. The van der Waals surface area contributed by atoms with Crippen LogP contribution in [0.1, 0.15) is 39.5 Å². The van der Waals surface area contributed by atoms with Gasteiger partial charge in [-0.2, -0.15) is 0 Å². The third kappa shape index (κ3) is 4.55. The molecule has 1 N–H and O–H groups in total. The van der Waals surface area contributed by atoms with Crippen LogP contribution in [-0.4, -0.2) is 42.1 Å². The highest BCUT2D eigenvalue weighted by atomic mass is 16.5. The first-order valence-electron chi connectivity index (χ1n) is 6.52. The number of likely N-dealkylation sites (tertiary alicyclic amines) is 1. The number of carbonyl (C=O) groups is 2. The van der Waals surface area contributed by atoms with Gasteiger partial charge in [0.2, 0.25) is 5.91 Å². The van der Waals surface area contributed by atoms with Crippen LogP contribution in [0.2, 0.25) is 0 Å². The molecule has 1 fully saturated rings. The second kappa shape index (κ2) is 6.61. The van der Waals surface area contributed by atoms with Gasteiger partial charge in [0.15, 0.2) is 0 Å². The van der Waals surface area contributed by atoms with Gasteiger partial charge in [-0.05, 0) is 26.2 Å². The highest BCUT2D eigenvalue weighted by Crippen LogP contribution is 2.21. The van der Waals surface area contributed by atoms with Crippen molar-refractivity contribution in [1.82, 2.24) is 10.2 Å². The minimum atomic E-state index is -0.505. The summed E-state index contributed by atoms with van der Waals surface area (Å²) in [5, 5.41) is 2.80. The molecule has 1 radical (unpaired) electrons. The van der Waals surface area contributed by atoms with Crippen molar-refractivity contribution in [2.75, 3.05) is 19.7 Å². The van der Waals surface area contributed by atoms with Crippen LogP contribution in [0.4, 0.5) is 4.79 Å². The van der Waals surface area contributed by atoms with Gasteiger partial charge in [-0.3, -0.25) is 4.79 Å². The molecule has 5 nitrogen and oxygen atoms in total. The molecule has 0 saturated carbocycles. The Balaban J connectivity index is 2.33. The number of alkyl carbamates (subject to hydrolysis) is 1. The Hall–Kier alpha value is -1.26. The maximum Gasteiger partial charge on any atom is 0.407 e. The molecule has 0 aliphatic carbocycles. The number of nitrogens with one attached hydrogen (secondary N) is 1. The van der Waals surface area contributed by atoms with Crippen molar-refractivity contribution in [1.29, 1.82) is 0 Å². The van der Waals surface area contributed by atoms with E-state index in [0.717, 1.165) is 12.8 Å². The summed E-state index contributed by atoms with van der Waals surface area (Å²) in [6.07, 6.45) is 2.78. The number of amides is 2. The Bertz CT molecular complexity index is 297. The summed E-state index contributed by atoms with van der Waals surface area (Å²) in [5.74, 6) is 0.0718. The van der Waals surface area contributed by atoms with Crippen LogP contribution in [-0.2, 0) is 9.53 Å². The minimum absolute atomic E-state index is 0.0718. The van der Waals surface area contributed by atoms with Crippen LogP contribution in [0.5, 0.6) is 0 Å². The van der Waals surface area contributed by atoms with E-state index in [1.54, 1.807) is 11.8 Å². The number of piperidine rings is 1. The lowest BCUT2D eigenvalue weighted by Crippen LogP contribution is -2.54. The molecule has 103 valence electrons. The van der Waals surface area contributed by atoms with Crippen molar-refractivity contribution in [2.24, 2.45) is 0 Å². The van der Waals surface area contributed by atoms with Crippen molar-refractivity contribution in [3.05, 3.63) is 6.92 Å². The van der Waals surface area contributed by atoms with Crippen LogP contribution in [0, 0.1) is 6.92 Å². The number of hydrogen-bond donors (Lipinski definition) is 1. The fourth-order valence-corrected chi connectivity index (χ4v) is 1.94. The Morgan fingerprint density at radius 3 is 2.50 bits per heavy atom. The highest BCUT2D eigenvalue weighted by Gasteiger charge is 2.32. The summed E-state index contributed by atoms with van der Waals surface area (Å²) in [7, 11) is 0. The lowest BCUT2D eigenvalue weighted by atomic mass is 9.90. The second-order valence-electron chi connectivity index (χ2n) is 4.90. The molecular weight excluding hydrogens is 232 g/mol. The van der Waals surface area contributed by atoms with Gasteiger partial charge in [0.05, 0.1) is 6.61 Å². The molecule has 0 spiro atoms. The average Bonchev–Trinajstić information content (AvgIpc) is 2.29. The topological polar surface area (TPSA) is 58.6 Å². The van der Waals surface area contributed by atoms with Gasteiger partial charge in [-0.25, -0.2) is 4.79 Å². The Kier molecular flexibility index (Phi) is 5.44. The fraction of sp³-hybridized carbons (Fsp3) is 0.769. The number of unbranched alkanes of at least 4 members (excludes halogenated alkanes) is 1. The molecule has 1 heterocycles. The molecule has 1 aliphatic heterocycles. The molecule has 0 aromatic heterocycles. The van der Waals surface area contributed by atoms with Gasteiger partial charge in [0, 0.05) is 25.6 Å². The molecule has 0 unspecified atom stereocenters. The molecule has 0 atom stereocenters. The van der Waals surface area contributed by atoms with E-state index >= 15 is 0 Å². The quantitative estimate of drug-likeness (QED) is 0.778. The number of hydrogen-bond acceptors (Lipinski definition) is 3. The zero-order chi connectivity index (χ0) is 13.6. The van der Waals surface area contributed by atoms with E-state index in [4.69, 9.17) is 4.74 Å². The first kappa shape index (κ1) is 14.8. The summed E-state index contributed by atoms with van der Waals surface area (Å²) in [6, 6.07) is 0. The van der Waals surface area contributed by atoms with Crippen LogP contribution >= 0.6 is 0 Å². The maximum absolute atomic E-state index is 11.6. The molecule has 1 aliphatic rings. The monoisotopic (exact) mass is 255 g/mol. The number of nitrogens with zero attached hydrogens (tertiary/aromatic N) is 1. The van der Waals surface area contributed by atoms with Crippen LogP contribution in [0.25, 0.3) is 0 Å². The van der Waals surface area contributed by atoms with Gasteiger partial charge in [0.25, 0.3) is 0 Å². The van der Waals surface area contributed by atoms with Gasteiger partial charge in [-0.15, -0.1) is 0 Å². The summed E-state index contributed by atoms with van der Waals surface area (Å²) >= 11 is 0. The number of ether oxygens (including phenoxy) is 1. The summed E-state index contributed by atoms with van der Waals surface area (Å²) in [5.41, 5.74) is -0.505. The molecule has 1 saturated heterocycles. The smallest absolute Gasteiger partial charge is 0.407 e. The van der Waals surface area contributed by atoms with E-state index in [-0.39, 0.29) is 5.91 Å². The normalized spacial score (nSPS) is 18.3. The van der Waals surface area contributed by atoms with E-state index in [1.165, 1.54) is 0 Å². The van der Waals surface area contributed by atoms with Crippen molar-refractivity contribution in [3.63, 3.8) is 0 Å². The van der Waals surface area contributed by atoms with Crippen molar-refractivity contribution >= 4 is 12.0 Å². The van der Waals surface area contributed by atoms with Gasteiger partial charge in [-0.1, -0.05) is 13.3 Å². The standard InChI is InChI=1S/C13H23N2O3/c1-4-5-10-18-12(17)14-13(3)6-8-15(9-7-13)11(2)16/h3-10H2,1-2H3,(H,14,17). The van der Waals surface area contributed by atoms with E-state index in [0.29, 0.717) is 32.5 Å². The van der Waals surface area contributed by atoms with Crippen LogP contribution in [0.3, 0.4) is 0 Å². The SMILES string of the molecule is [CH2]C1(NC(=O)OCCCC)CCN(C(C)=O)CC1. The van der Waals surface area contributed by atoms with E-state index in [9.17, 15) is 9.59 Å². The van der Waals surface area contributed by atoms with Gasteiger partial charge < -0.3 is 15.0 Å². The largest absolute Gasteiger partial charge is 0.450 e.